The molecule has 1 saturated carbocycles. The zero-order valence-electron chi connectivity index (χ0n) is 13.3. The molecule has 1 aromatic carbocycles. The Morgan fingerprint density at radius 2 is 1.85 bits per heavy atom. The molecule has 1 aliphatic carbocycles. The van der Waals surface area contributed by atoms with Crippen LogP contribution in [0, 0.1) is 12.8 Å². The highest BCUT2D eigenvalue weighted by molar-refractivity contribution is 5.21. The van der Waals surface area contributed by atoms with Gasteiger partial charge in [-0.3, -0.25) is 0 Å². The predicted molar refractivity (Wildman–Crippen MR) is 88.2 cm³/mol. The Labute approximate surface area is 125 Å². The van der Waals surface area contributed by atoms with Crippen molar-refractivity contribution in [1.29, 1.82) is 0 Å². The molecule has 1 unspecified atom stereocenters. The Balaban J connectivity index is 1.80. The molecule has 1 nitrogen and oxygen atoms in total. The minimum Gasteiger partial charge on any atom is -0.314 e. The van der Waals surface area contributed by atoms with E-state index in [1.165, 1.54) is 69.0 Å². The molecule has 0 radical (unpaired) electrons. The number of hydrogen-bond acceptors (Lipinski definition) is 1. The number of benzene rings is 1. The first kappa shape index (κ1) is 15.6. The quantitative estimate of drug-likeness (QED) is 0.712. The summed E-state index contributed by atoms with van der Waals surface area (Å²) in [5.74, 6) is 0.988. The number of hydrogen-bond donors (Lipinski definition) is 1. The maximum atomic E-state index is 3.78. The number of aryl methyl sites for hydroxylation is 2. The molecule has 112 valence electrons. The van der Waals surface area contributed by atoms with E-state index < -0.39 is 0 Å². The second kappa shape index (κ2) is 8.46. The molecule has 1 heteroatoms. The minimum atomic E-state index is 0.722. The monoisotopic (exact) mass is 273 g/mol. The molecule has 1 N–H and O–H groups in total. The van der Waals surface area contributed by atoms with Crippen molar-refractivity contribution in [3.63, 3.8) is 0 Å². The Bertz CT molecular complexity index is 362. The van der Waals surface area contributed by atoms with Crippen LogP contribution in [0.1, 0.15) is 63.0 Å². The summed E-state index contributed by atoms with van der Waals surface area (Å²) in [5.41, 5.74) is 2.85. The summed E-state index contributed by atoms with van der Waals surface area (Å²) in [6.07, 6.45) is 11.0. The van der Waals surface area contributed by atoms with Gasteiger partial charge in [0.25, 0.3) is 0 Å². The molecule has 2 rings (SSSR count). The van der Waals surface area contributed by atoms with Gasteiger partial charge in [0.1, 0.15) is 0 Å². The molecule has 1 aliphatic rings. The molecule has 20 heavy (non-hydrogen) atoms. The van der Waals surface area contributed by atoms with Crippen molar-refractivity contribution in [3.8, 4) is 0 Å². The van der Waals surface area contributed by atoms with Crippen molar-refractivity contribution < 1.29 is 0 Å². The van der Waals surface area contributed by atoms with E-state index in [4.69, 9.17) is 0 Å². The Kier molecular flexibility index (Phi) is 6.59. The lowest BCUT2D eigenvalue weighted by atomic mass is 9.94. The second-order valence-corrected chi connectivity index (χ2v) is 6.56. The zero-order chi connectivity index (χ0) is 14.2. The summed E-state index contributed by atoms with van der Waals surface area (Å²) in [7, 11) is 0. The van der Waals surface area contributed by atoms with Crippen molar-refractivity contribution in [1.82, 2.24) is 5.32 Å². The van der Waals surface area contributed by atoms with E-state index in [9.17, 15) is 0 Å². The topological polar surface area (TPSA) is 12.0 Å². The fraction of sp³-hybridized carbons (Fsp3) is 0.684. The standard InChI is InChI=1S/C19H31N/c1-3-14-20-19(15-18-6-4-5-7-18)13-12-17-10-8-16(2)9-11-17/h8-11,18-20H,3-7,12-15H2,1-2H3. The SMILES string of the molecule is CCCNC(CCc1ccc(C)cc1)CC1CCCC1. The molecule has 0 amide bonds. The van der Waals surface area contributed by atoms with E-state index >= 15 is 0 Å². The Hall–Kier alpha value is -0.820. The van der Waals surface area contributed by atoms with Crippen LogP contribution in [-0.4, -0.2) is 12.6 Å². The third-order valence-corrected chi connectivity index (χ3v) is 4.68. The van der Waals surface area contributed by atoms with Crippen molar-refractivity contribution in [2.45, 2.75) is 71.3 Å². The summed E-state index contributed by atoms with van der Waals surface area (Å²) < 4.78 is 0. The first-order valence-electron chi connectivity index (χ1n) is 8.57. The third-order valence-electron chi connectivity index (χ3n) is 4.68. The normalized spacial score (nSPS) is 17.5. The summed E-state index contributed by atoms with van der Waals surface area (Å²) >= 11 is 0. The van der Waals surface area contributed by atoms with Crippen molar-refractivity contribution in [3.05, 3.63) is 35.4 Å². The molecule has 0 bridgehead atoms. The van der Waals surface area contributed by atoms with E-state index in [0.29, 0.717) is 0 Å². The average molecular weight is 273 g/mol. The van der Waals surface area contributed by atoms with Crippen LogP contribution in [0.5, 0.6) is 0 Å². The summed E-state index contributed by atoms with van der Waals surface area (Å²) in [6, 6.07) is 9.78. The first-order valence-corrected chi connectivity index (χ1v) is 8.57. The summed E-state index contributed by atoms with van der Waals surface area (Å²) in [5, 5.41) is 3.78. The largest absolute Gasteiger partial charge is 0.314 e. The van der Waals surface area contributed by atoms with Gasteiger partial charge >= 0.3 is 0 Å². The van der Waals surface area contributed by atoms with Gasteiger partial charge in [-0.1, -0.05) is 62.4 Å². The van der Waals surface area contributed by atoms with Crippen LogP contribution in [0.15, 0.2) is 24.3 Å². The average Bonchev–Trinajstić information content (AvgIpc) is 2.96. The smallest absolute Gasteiger partial charge is 0.00728 e. The molecule has 0 aliphatic heterocycles. The molecule has 1 fully saturated rings. The van der Waals surface area contributed by atoms with Crippen molar-refractivity contribution in [2.75, 3.05) is 6.54 Å². The van der Waals surface area contributed by atoms with Crippen molar-refractivity contribution in [2.24, 2.45) is 5.92 Å². The molecule has 0 heterocycles. The summed E-state index contributed by atoms with van der Waals surface area (Å²) in [4.78, 5) is 0. The fourth-order valence-corrected chi connectivity index (χ4v) is 3.40. The maximum absolute atomic E-state index is 3.78. The fourth-order valence-electron chi connectivity index (χ4n) is 3.40. The van der Waals surface area contributed by atoms with Gasteiger partial charge in [0.15, 0.2) is 0 Å². The Morgan fingerprint density at radius 1 is 1.15 bits per heavy atom. The van der Waals surface area contributed by atoms with Crippen LogP contribution in [0.2, 0.25) is 0 Å². The highest BCUT2D eigenvalue weighted by Gasteiger charge is 2.19. The molecule has 0 spiro atoms. The van der Waals surface area contributed by atoms with Gasteiger partial charge in [0.05, 0.1) is 0 Å². The van der Waals surface area contributed by atoms with E-state index in [2.05, 4.69) is 43.4 Å². The van der Waals surface area contributed by atoms with Gasteiger partial charge in [-0.2, -0.15) is 0 Å². The van der Waals surface area contributed by atoms with Gasteiger partial charge < -0.3 is 5.32 Å². The van der Waals surface area contributed by atoms with Crippen LogP contribution < -0.4 is 5.32 Å². The molecule has 0 saturated heterocycles. The van der Waals surface area contributed by atoms with Crippen LogP contribution in [-0.2, 0) is 6.42 Å². The molecule has 0 aromatic heterocycles. The van der Waals surface area contributed by atoms with Gasteiger partial charge in [-0.25, -0.2) is 0 Å². The van der Waals surface area contributed by atoms with Gasteiger partial charge in [0, 0.05) is 6.04 Å². The molecule has 1 atom stereocenters. The van der Waals surface area contributed by atoms with E-state index in [1.54, 1.807) is 0 Å². The van der Waals surface area contributed by atoms with Crippen LogP contribution >= 0.6 is 0 Å². The number of rotatable bonds is 8. The Morgan fingerprint density at radius 3 is 2.50 bits per heavy atom. The molecule has 1 aromatic rings. The molecular weight excluding hydrogens is 242 g/mol. The zero-order valence-corrected chi connectivity index (χ0v) is 13.3. The van der Waals surface area contributed by atoms with Crippen LogP contribution in [0.4, 0.5) is 0 Å². The van der Waals surface area contributed by atoms with Gasteiger partial charge in [0.2, 0.25) is 0 Å². The minimum absolute atomic E-state index is 0.722. The summed E-state index contributed by atoms with van der Waals surface area (Å²) in [6.45, 7) is 5.60. The predicted octanol–water partition coefficient (Wildman–Crippen LogP) is 4.88. The maximum Gasteiger partial charge on any atom is 0.00728 e. The van der Waals surface area contributed by atoms with Gasteiger partial charge in [-0.05, 0) is 50.6 Å². The van der Waals surface area contributed by atoms with E-state index in [1.807, 2.05) is 0 Å². The van der Waals surface area contributed by atoms with Crippen LogP contribution in [0.25, 0.3) is 0 Å². The van der Waals surface area contributed by atoms with Crippen LogP contribution in [0.3, 0.4) is 0 Å². The first-order chi connectivity index (χ1) is 9.78. The van der Waals surface area contributed by atoms with Crippen molar-refractivity contribution >= 4 is 0 Å². The molecular formula is C19H31N. The lowest BCUT2D eigenvalue weighted by Gasteiger charge is -2.22. The van der Waals surface area contributed by atoms with Gasteiger partial charge in [-0.15, -0.1) is 0 Å². The highest BCUT2D eigenvalue weighted by atomic mass is 14.9. The van der Waals surface area contributed by atoms with E-state index in [-0.39, 0.29) is 0 Å². The third kappa shape index (κ3) is 5.28. The van der Waals surface area contributed by atoms with E-state index in [0.717, 1.165) is 12.0 Å². The highest BCUT2D eigenvalue weighted by Crippen LogP contribution is 2.29. The lowest BCUT2D eigenvalue weighted by Crippen LogP contribution is -2.32. The number of nitrogens with one attached hydrogen (secondary N) is 1. The second-order valence-electron chi connectivity index (χ2n) is 6.56. The lowest BCUT2D eigenvalue weighted by molar-refractivity contribution is 0.371.